The van der Waals surface area contributed by atoms with E-state index < -0.39 is 0 Å². The fourth-order valence-electron chi connectivity index (χ4n) is 2.30. The van der Waals surface area contributed by atoms with Crippen LogP contribution in [0.5, 0.6) is 0 Å². The van der Waals surface area contributed by atoms with Crippen LogP contribution in [0.2, 0.25) is 5.02 Å². The Hall–Kier alpha value is -1.88. The third-order valence-electron chi connectivity index (χ3n) is 3.46. The van der Waals surface area contributed by atoms with E-state index in [0.29, 0.717) is 37.7 Å². The van der Waals surface area contributed by atoms with E-state index in [1.165, 1.54) is 5.56 Å². The van der Waals surface area contributed by atoms with E-state index in [4.69, 9.17) is 17.3 Å². The number of amides is 1. The highest BCUT2D eigenvalue weighted by Gasteiger charge is 2.10. The average Bonchev–Trinajstić information content (AvgIpc) is 2.55. The number of nitrogens with one attached hydrogen (secondary N) is 1. The van der Waals surface area contributed by atoms with Crippen LogP contribution in [0.15, 0.2) is 54.6 Å². The highest BCUT2D eigenvalue weighted by molar-refractivity contribution is 6.30. The van der Waals surface area contributed by atoms with Crippen LogP contribution in [0.1, 0.15) is 11.1 Å². The highest BCUT2D eigenvalue weighted by Crippen LogP contribution is 2.09. The number of nitrogens with zero attached hydrogens (tertiary/aromatic N) is 1. The number of carbonyl (C=O) groups excluding carboxylic acids is 1. The Morgan fingerprint density at radius 3 is 2.39 bits per heavy atom. The molecular weight excluding hydrogens is 310 g/mol. The van der Waals surface area contributed by atoms with E-state index in [2.05, 4.69) is 17.4 Å². The maximum atomic E-state index is 12.1. The van der Waals surface area contributed by atoms with Crippen molar-refractivity contribution in [2.45, 2.75) is 13.1 Å². The molecule has 0 atom stereocenters. The molecule has 0 bridgehead atoms. The minimum Gasteiger partial charge on any atom is -0.351 e. The van der Waals surface area contributed by atoms with Gasteiger partial charge in [0.2, 0.25) is 5.91 Å². The summed E-state index contributed by atoms with van der Waals surface area (Å²) in [6, 6.07) is 17.5. The van der Waals surface area contributed by atoms with Crippen molar-refractivity contribution in [2.75, 3.05) is 19.6 Å². The van der Waals surface area contributed by atoms with E-state index >= 15 is 0 Å². The number of nitrogens with two attached hydrogens (primary N) is 1. The van der Waals surface area contributed by atoms with Crippen LogP contribution < -0.4 is 11.1 Å². The van der Waals surface area contributed by atoms with Crippen LogP contribution in [0.4, 0.5) is 0 Å². The lowest BCUT2D eigenvalue weighted by atomic mass is 10.2. The molecule has 0 aliphatic heterocycles. The summed E-state index contributed by atoms with van der Waals surface area (Å²) in [6.45, 7) is 2.75. The zero-order valence-electron chi connectivity index (χ0n) is 13.0. The smallest absolute Gasteiger partial charge is 0.234 e. The lowest BCUT2D eigenvalue weighted by molar-refractivity contribution is -0.122. The molecule has 23 heavy (non-hydrogen) atoms. The molecule has 3 N–H and O–H groups in total. The van der Waals surface area contributed by atoms with Crippen molar-refractivity contribution < 1.29 is 4.79 Å². The average molecular weight is 332 g/mol. The molecule has 0 aliphatic carbocycles. The zero-order valence-corrected chi connectivity index (χ0v) is 13.8. The van der Waals surface area contributed by atoms with Gasteiger partial charge in [0.1, 0.15) is 0 Å². The molecule has 0 radical (unpaired) electrons. The van der Waals surface area contributed by atoms with Gasteiger partial charge in [-0.05, 0) is 23.3 Å². The number of hydrogen-bond donors (Lipinski definition) is 2. The SMILES string of the molecule is NCCN(CC(=O)NCc1ccc(Cl)cc1)Cc1ccccc1. The third kappa shape index (κ3) is 6.40. The molecule has 0 fully saturated rings. The molecule has 0 saturated heterocycles. The molecule has 2 aromatic rings. The zero-order chi connectivity index (χ0) is 16.5. The minimum absolute atomic E-state index is 0.00988. The van der Waals surface area contributed by atoms with Gasteiger partial charge in [0.15, 0.2) is 0 Å². The lowest BCUT2D eigenvalue weighted by Crippen LogP contribution is -2.39. The summed E-state index contributed by atoms with van der Waals surface area (Å²) < 4.78 is 0. The van der Waals surface area contributed by atoms with Crippen LogP contribution in [0.25, 0.3) is 0 Å². The maximum Gasteiger partial charge on any atom is 0.234 e. The number of rotatable bonds is 8. The lowest BCUT2D eigenvalue weighted by Gasteiger charge is -2.21. The van der Waals surface area contributed by atoms with Gasteiger partial charge in [-0.2, -0.15) is 0 Å². The summed E-state index contributed by atoms with van der Waals surface area (Å²) in [5, 5.41) is 3.62. The quantitative estimate of drug-likeness (QED) is 0.781. The molecule has 2 aromatic carbocycles. The van der Waals surface area contributed by atoms with Gasteiger partial charge in [-0.15, -0.1) is 0 Å². The summed E-state index contributed by atoms with van der Waals surface area (Å²) >= 11 is 5.85. The van der Waals surface area contributed by atoms with E-state index in [-0.39, 0.29) is 5.91 Å². The Kier molecular flexibility index (Phi) is 7.07. The molecule has 0 aliphatic rings. The van der Waals surface area contributed by atoms with E-state index in [0.717, 1.165) is 5.56 Å². The maximum absolute atomic E-state index is 12.1. The second kappa shape index (κ2) is 9.30. The molecule has 0 heterocycles. The predicted molar refractivity (Wildman–Crippen MR) is 94.1 cm³/mol. The van der Waals surface area contributed by atoms with Crippen LogP contribution in [-0.2, 0) is 17.9 Å². The van der Waals surface area contributed by atoms with Crippen LogP contribution in [0, 0.1) is 0 Å². The first-order chi connectivity index (χ1) is 11.2. The molecule has 0 saturated carbocycles. The number of hydrogen-bond acceptors (Lipinski definition) is 3. The van der Waals surface area contributed by atoms with E-state index in [9.17, 15) is 4.79 Å². The summed E-state index contributed by atoms with van der Waals surface area (Å²) in [6.07, 6.45) is 0. The van der Waals surface area contributed by atoms with E-state index in [1.807, 2.05) is 47.4 Å². The Morgan fingerprint density at radius 2 is 1.74 bits per heavy atom. The minimum atomic E-state index is -0.00988. The monoisotopic (exact) mass is 331 g/mol. The number of benzene rings is 2. The second-order valence-electron chi connectivity index (χ2n) is 5.39. The topological polar surface area (TPSA) is 58.4 Å². The second-order valence-corrected chi connectivity index (χ2v) is 5.82. The molecule has 1 amide bonds. The van der Waals surface area contributed by atoms with Gasteiger partial charge in [0, 0.05) is 31.2 Å². The first-order valence-electron chi connectivity index (χ1n) is 7.65. The fourth-order valence-corrected chi connectivity index (χ4v) is 2.43. The van der Waals surface area contributed by atoms with Crippen molar-refractivity contribution in [2.24, 2.45) is 5.73 Å². The van der Waals surface area contributed by atoms with Gasteiger partial charge >= 0.3 is 0 Å². The number of halogens is 1. The van der Waals surface area contributed by atoms with Crippen molar-refractivity contribution in [1.29, 1.82) is 0 Å². The first-order valence-corrected chi connectivity index (χ1v) is 8.02. The Morgan fingerprint density at radius 1 is 1.04 bits per heavy atom. The normalized spacial score (nSPS) is 10.7. The van der Waals surface area contributed by atoms with Gasteiger partial charge in [-0.1, -0.05) is 54.1 Å². The van der Waals surface area contributed by atoms with Gasteiger partial charge in [0.05, 0.1) is 6.54 Å². The van der Waals surface area contributed by atoms with Crippen LogP contribution >= 0.6 is 11.6 Å². The Labute approximate surface area is 142 Å². The van der Waals surface area contributed by atoms with Gasteiger partial charge in [0.25, 0.3) is 0 Å². The Balaban J connectivity index is 1.83. The van der Waals surface area contributed by atoms with Crippen molar-refractivity contribution in [3.8, 4) is 0 Å². The van der Waals surface area contributed by atoms with E-state index in [1.54, 1.807) is 0 Å². The summed E-state index contributed by atoms with van der Waals surface area (Å²) in [4.78, 5) is 14.2. The largest absolute Gasteiger partial charge is 0.351 e. The standard InChI is InChI=1S/C18H22ClN3O/c19-17-8-6-15(7-9-17)12-21-18(23)14-22(11-10-20)13-16-4-2-1-3-5-16/h1-9H,10-14,20H2,(H,21,23). The van der Waals surface area contributed by atoms with Gasteiger partial charge in [-0.3, -0.25) is 9.69 Å². The molecule has 0 aromatic heterocycles. The Bertz CT molecular complexity index is 601. The molecule has 2 rings (SSSR count). The first kappa shape index (κ1) is 17.5. The third-order valence-corrected chi connectivity index (χ3v) is 3.72. The van der Waals surface area contributed by atoms with Crippen molar-refractivity contribution in [3.05, 3.63) is 70.7 Å². The molecule has 5 heteroatoms. The van der Waals surface area contributed by atoms with Crippen LogP contribution in [0.3, 0.4) is 0 Å². The molecule has 0 unspecified atom stereocenters. The van der Waals surface area contributed by atoms with Crippen molar-refractivity contribution >= 4 is 17.5 Å². The molecule has 122 valence electrons. The van der Waals surface area contributed by atoms with Gasteiger partial charge in [-0.25, -0.2) is 0 Å². The summed E-state index contributed by atoms with van der Waals surface area (Å²) in [5.74, 6) is -0.00988. The van der Waals surface area contributed by atoms with Crippen molar-refractivity contribution in [3.63, 3.8) is 0 Å². The molecule has 4 nitrogen and oxygen atoms in total. The summed E-state index contributed by atoms with van der Waals surface area (Å²) in [7, 11) is 0. The molecule has 0 spiro atoms. The number of carbonyl (C=O) groups is 1. The fraction of sp³-hybridized carbons (Fsp3) is 0.278. The van der Waals surface area contributed by atoms with Crippen molar-refractivity contribution in [1.82, 2.24) is 10.2 Å². The predicted octanol–water partition coefficient (Wildman–Crippen LogP) is 2.42. The molecular formula is C18H22ClN3O. The summed E-state index contributed by atoms with van der Waals surface area (Å²) in [5.41, 5.74) is 7.85. The van der Waals surface area contributed by atoms with Crippen LogP contribution in [-0.4, -0.2) is 30.4 Å². The van der Waals surface area contributed by atoms with Gasteiger partial charge < -0.3 is 11.1 Å². The highest BCUT2D eigenvalue weighted by atomic mass is 35.5.